The van der Waals surface area contributed by atoms with E-state index in [2.05, 4.69) is 9.97 Å². The van der Waals surface area contributed by atoms with Gasteiger partial charge in [0.05, 0.1) is 0 Å². The van der Waals surface area contributed by atoms with Crippen molar-refractivity contribution < 1.29 is 4.39 Å². The Hall–Kier alpha value is -1.75. The summed E-state index contributed by atoms with van der Waals surface area (Å²) in [5.74, 6) is 0.385. The van der Waals surface area contributed by atoms with Crippen molar-refractivity contribution in [3.05, 3.63) is 29.8 Å². The molecular weight excluding hydrogens is 195 g/mol. The first-order chi connectivity index (χ1) is 7.22. The maximum absolute atomic E-state index is 13.4. The number of para-hydroxylation sites is 1. The largest absolute Gasteiger partial charge is 0.383 e. The standard InChI is InChI=1S/C10H11FN4/c11-7-3-1-2-6-9(7)14-8(4-5-12)15-10(6)13/h1-3H,4-5,12H2,(H2,13,14,15). The van der Waals surface area contributed by atoms with Crippen molar-refractivity contribution in [2.75, 3.05) is 12.3 Å². The van der Waals surface area contributed by atoms with Gasteiger partial charge in [-0.25, -0.2) is 14.4 Å². The van der Waals surface area contributed by atoms with Crippen LogP contribution >= 0.6 is 0 Å². The van der Waals surface area contributed by atoms with Gasteiger partial charge in [-0.1, -0.05) is 6.07 Å². The van der Waals surface area contributed by atoms with Crippen LogP contribution in [0.25, 0.3) is 10.9 Å². The molecule has 0 unspecified atom stereocenters. The molecule has 4 nitrogen and oxygen atoms in total. The van der Waals surface area contributed by atoms with Crippen LogP contribution in [0.2, 0.25) is 0 Å². The molecule has 0 saturated carbocycles. The zero-order chi connectivity index (χ0) is 10.8. The number of nitrogens with zero attached hydrogens (tertiary/aromatic N) is 2. The van der Waals surface area contributed by atoms with Crippen LogP contribution in [0.3, 0.4) is 0 Å². The summed E-state index contributed by atoms with van der Waals surface area (Å²) in [5, 5.41) is 0.538. The van der Waals surface area contributed by atoms with Gasteiger partial charge in [0, 0.05) is 11.8 Å². The molecule has 15 heavy (non-hydrogen) atoms. The van der Waals surface area contributed by atoms with Crippen LogP contribution in [0.4, 0.5) is 10.2 Å². The van der Waals surface area contributed by atoms with Gasteiger partial charge in [-0.3, -0.25) is 0 Å². The Morgan fingerprint density at radius 3 is 2.80 bits per heavy atom. The first kappa shape index (κ1) is 9.79. The van der Waals surface area contributed by atoms with Crippen LogP contribution in [-0.2, 0) is 6.42 Å². The lowest BCUT2D eigenvalue weighted by Crippen LogP contribution is -2.08. The molecule has 0 amide bonds. The smallest absolute Gasteiger partial charge is 0.149 e. The Morgan fingerprint density at radius 2 is 2.07 bits per heavy atom. The summed E-state index contributed by atoms with van der Waals surface area (Å²) in [5.41, 5.74) is 11.3. The third-order valence-corrected chi connectivity index (χ3v) is 2.12. The summed E-state index contributed by atoms with van der Waals surface area (Å²) in [6.07, 6.45) is 0.495. The third-order valence-electron chi connectivity index (χ3n) is 2.12. The number of hydrogen-bond donors (Lipinski definition) is 2. The fraction of sp³-hybridized carbons (Fsp3) is 0.200. The number of halogens is 1. The van der Waals surface area contributed by atoms with E-state index in [1.54, 1.807) is 12.1 Å². The summed E-state index contributed by atoms with van der Waals surface area (Å²) >= 11 is 0. The van der Waals surface area contributed by atoms with Crippen molar-refractivity contribution >= 4 is 16.7 Å². The lowest BCUT2D eigenvalue weighted by molar-refractivity contribution is 0.635. The second-order valence-electron chi connectivity index (χ2n) is 3.20. The second-order valence-corrected chi connectivity index (χ2v) is 3.20. The summed E-state index contributed by atoms with van der Waals surface area (Å²) in [6, 6.07) is 4.63. The predicted octanol–water partition coefficient (Wildman–Crippen LogP) is 0.852. The number of anilines is 1. The van der Waals surface area contributed by atoms with Gasteiger partial charge in [-0.15, -0.1) is 0 Å². The molecule has 78 valence electrons. The van der Waals surface area contributed by atoms with E-state index >= 15 is 0 Å². The number of rotatable bonds is 2. The van der Waals surface area contributed by atoms with Crippen molar-refractivity contribution in [2.45, 2.75) is 6.42 Å². The molecule has 4 N–H and O–H groups in total. The van der Waals surface area contributed by atoms with E-state index < -0.39 is 0 Å². The summed E-state index contributed by atoms with van der Waals surface area (Å²) in [6.45, 7) is 0.416. The number of nitrogen functional groups attached to an aromatic ring is 1. The van der Waals surface area contributed by atoms with E-state index in [1.807, 2.05) is 0 Å². The lowest BCUT2D eigenvalue weighted by Gasteiger charge is -2.04. The van der Waals surface area contributed by atoms with E-state index in [0.29, 0.717) is 30.0 Å². The zero-order valence-corrected chi connectivity index (χ0v) is 8.07. The molecule has 2 aromatic rings. The normalized spacial score (nSPS) is 10.8. The molecule has 1 aromatic carbocycles. The van der Waals surface area contributed by atoms with E-state index in [9.17, 15) is 4.39 Å². The van der Waals surface area contributed by atoms with E-state index in [0.717, 1.165) is 0 Å². The monoisotopic (exact) mass is 206 g/mol. The van der Waals surface area contributed by atoms with Gasteiger partial charge < -0.3 is 11.5 Å². The first-order valence-corrected chi connectivity index (χ1v) is 4.63. The van der Waals surface area contributed by atoms with E-state index in [4.69, 9.17) is 11.5 Å². The van der Waals surface area contributed by atoms with E-state index in [1.165, 1.54) is 6.07 Å². The maximum atomic E-state index is 13.4. The lowest BCUT2D eigenvalue weighted by atomic mass is 10.2. The number of benzene rings is 1. The van der Waals surface area contributed by atoms with E-state index in [-0.39, 0.29) is 11.3 Å². The number of hydrogen-bond acceptors (Lipinski definition) is 4. The molecule has 0 aliphatic rings. The predicted molar refractivity (Wildman–Crippen MR) is 56.7 cm³/mol. The highest BCUT2D eigenvalue weighted by molar-refractivity contribution is 5.88. The minimum Gasteiger partial charge on any atom is -0.383 e. The van der Waals surface area contributed by atoms with Gasteiger partial charge in [-0.2, -0.15) is 0 Å². The Bertz CT molecular complexity index is 498. The molecule has 1 aromatic heterocycles. The van der Waals surface area contributed by atoms with Gasteiger partial charge in [0.1, 0.15) is 23.0 Å². The molecule has 0 bridgehead atoms. The molecule has 0 saturated heterocycles. The molecule has 0 radical (unpaired) electrons. The second kappa shape index (κ2) is 3.78. The molecule has 0 atom stereocenters. The SMILES string of the molecule is NCCc1nc(N)c2cccc(F)c2n1. The number of nitrogens with two attached hydrogens (primary N) is 2. The average Bonchev–Trinajstić information content (AvgIpc) is 2.20. The van der Waals surface area contributed by atoms with Crippen LogP contribution < -0.4 is 11.5 Å². The zero-order valence-electron chi connectivity index (χ0n) is 8.07. The maximum Gasteiger partial charge on any atom is 0.149 e. The topological polar surface area (TPSA) is 77.8 Å². The molecule has 2 rings (SSSR count). The van der Waals surface area contributed by atoms with Crippen LogP contribution in [0, 0.1) is 5.82 Å². The Labute approximate surface area is 86.1 Å². The molecule has 0 fully saturated rings. The Balaban J connectivity index is 2.68. The highest BCUT2D eigenvalue weighted by Crippen LogP contribution is 2.20. The van der Waals surface area contributed by atoms with Crippen molar-refractivity contribution in [1.82, 2.24) is 9.97 Å². The minimum atomic E-state index is -0.389. The van der Waals surface area contributed by atoms with Crippen LogP contribution in [-0.4, -0.2) is 16.5 Å². The fourth-order valence-electron chi connectivity index (χ4n) is 1.43. The van der Waals surface area contributed by atoms with Crippen molar-refractivity contribution in [3.8, 4) is 0 Å². The summed E-state index contributed by atoms with van der Waals surface area (Å²) in [4.78, 5) is 8.13. The van der Waals surface area contributed by atoms with Gasteiger partial charge in [0.15, 0.2) is 0 Å². The Morgan fingerprint density at radius 1 is 1.27 bits per heavy atom. The van der Waals surface area contributed by atoms with Gasteiger partial charge in [-0.05, 0) is 18.7 Å². The minimum absolute atomic E-state index is 0.258. The van der Waals surface area contributed by atoms with Gasteiger partial charge in [0.2, 0.25) is 0 Å². The van der Waals surface area contributed by atoms with Gasteiger partial charge >= 0.3 is 0 Å². The molecule has 1 heterocycles. The number of fused-ring (bicyclic) bond motifs is 1. The van der Waals surface area contributed by atoms with Gasteiger partial charge in [0.25, 0.3) is 0 Å². The van der Waals surface area contributed by atoms with Crippen LogP contribution in [0.5, 0.6) is 0 Å². The highest BCUT2D eigenvalue weighted by Gasteiger charge is 2.07. The summed E-state index contributed by atoms with van der Waals surface area (Å²) < 4.78 is 13.4. The molecule has 0 spiro atoms. The fourth-order valence-corrected chi connectivity index (χ4v) is 1.43. The quantitative estimate of drug-likeness (QED) is 0.763. The molecular formula is C10H11FN4. The average molecular weight is 206 g/mol. The van der Waals surface area contributed by atoms with Crippen LogP contribution in [0.15, 0.2) is 18.2 Å². The van der Waals surface area contributed by atoms with Crippen LogP contribution in [0.1, 0.15) is 5.82 Å². The number of aromatic nitrogens is 2. The Kier molecular flexibility index (Phi) is 2.47. The molecule has 0 aliphatic carbocycles. The van der Waals surface area contributed by atoms with Crippen molar-refractivity contribution in [1.29, 1.82) is 0 Å². The van der Waals surface area contributed by atoms with Crippen molar-refractivity contribution in [3.63, 3.8) is 0 Å². The first-order valence-electron chi connectivity index (χ1n) is 4.63. The third kappa shape index (κ3) is 1.73. The molecule has 0 aliphatic heterocycles. The van der Waals surface area contributed by atoms with Crippen molar-refractivity contribution in [2.24, 2.45) is 5.73 Å². The summed E-state index contributed by atoms with van der Waals surface area (Å²) in [7, 11) is 0. The highest BCUT2D eigenvalue weighted by atomic mass is 19.1. The molecule has 5 heteroatoms.